The first-order chi connectivity index (χ1) is 6.60. The predicted octanol–water partition coefficient (Wildman–Crippen LogP) is 1.07. The maximum Gasteiger partial charge on any atom is 0.158 e. The summed E-state index contributed by atoms with van der Waals surface area (Å²) in [6, 6.07) is 2.13. The fourth-order valence-corrected chi connectivity index (χ4v) is 1.47. The largest absolute Gasteiger partial charge is 0.504 e. The van der Waals surface area contributed by atoms with E-state index >= 15 is 0 Å². The first-order valence-corrected chi connectivity index (χ1v) is 4.54. The van der Waals surface area contributed by atoms with Crippen molar-refractivity contribution >= 4 is 12.1 Å². The Kier molecular flexibility index (Phi) is 3.56. The lowest BCUT2D eigenvalue weighted by molar-refractivity contribution is 0.183. The van der Waals surface area contributed by atoms with E-state index in [2.05, 4.69) is 0 Å². The van der Waals surface area contributed by atoms with E-state index in [0.717, 1.165) is 12.1 Å². The van der Waals surface area contributed by atoms with Gasteiger partial charge in [0.2, 0.25) is 0 Å². The lowest BCUT2D eigenvalue weighted by atomic mass is 10.1. The molecule has 0 bridgehead atoms. The van der Waals surface area contributed by atoms with Crippen LogP contribution in [0, 0.1) is 0 Å². The SMILES string of the molecule is NCC(O)c1cc(O)c(O)cc1SF. The van der Waals surface area contributed by atoms with Crippen LogP contribution in [0.1, 0.15) is 11.7 Å². The number of nitrogens with two attached hydrogens (primary N) is 1. The van der Waals surface area contributed by atoms with E-state index in [4.69, 9.17) is 15.9 Å². The summed E-state index contributed by atoms with van der Waals surface area (Å²) < 4.78 is 12.4. The molecule has 0 aliphatic heterocycles. The molecule has 0 spiro atoms. The molecule has 0 amide bonds. The van der Waals surface area contributed by atoms with Crippen LogP contribution in [0.15, 0.2) is 17.0 Å². The maximum atomic E-state index is 12.4. The van der Waals surface area contributed by atoms with Crippen LogP contribution in [0.3, 0.4) is 0 Å². The second-order valence-electron chi connectivity index (χ2n) is 2.71. The number of aromatic hydroxyl groups is 2. The van der Waals surface area contributed by atoms with Crippen LogP contribution >= 0.6 is 12.1 Å². The average Bonchev–Trinajstić information content (AvgIpc) is 2.20. The summed E-state index contributed by atoms with van der Waals surface area (Å²) >= 11 is -0.125. The minimum absolute atomic E-state index is 0.0400. The third-order valence-electron chi connectivity index (χ3n) is 1.77. The lowest BCUT2D eigenvalue weighted by Gasteiger charge is -2.12. The molecule has 5 N–H and O–H groups in total. The summed E-state index contributed by atoms with van der Waals surface area (Å²) in [5, 5.41) is 27.6. The van der Waals surface area contributed by atoms with Gasteiger partial charge in [0.1, 0.15) is 0 Å². The summed E-state index contributed by atoms with van der Waals surface area (Å²) in [7, 11) is 0. The summed E-state index contributed by atoms with van der Waals surface area (Å²) in [5.41, 5.74) is 5.35. The van der Waals surface area contributed by atoms with Crippen LogP contribution in [0.5, 0.6) is 11.5 Å². The van der Waals surface area contributed by atoms with Gasteiger partial charge < -0.3 is 21.1 Å². The van der Waals surface area contributed by atoms with Gasteiger partial charge in [0.25, 0.3) is 0 Å². The zero-order chi connectivity index (χ0) is 10.7. The first-order valence-electron chi connectivity index (χ1n) is 3.82. The molecule has 0 fully saturated rings. The summed E-state index contributed by atoms with van der Waals surface area (Å²) in [6.45, 7) is -0.0855. The summed E-state index contributed by atoms with van der Waals surface area (Å²) in [5.74, 6) is -0.844. The van der Waals surface area contributed by atoms with Gasteiger partial charge in [0.15, 0.2) is 11.5 Å². The molecule has 1 aromatic carbocycles. The second-order valence-corrected chi connectivity index (χ2v) is 3.30. The Bertz CT molecular complexity index is 335. The Morgan fingerprint density at radius 1 is 1.36 bits per heavy atom. The van der Waals surface area contributed by atoms with Crippen molar-refractivity contribution < 1.29 is 19.2 Å². The van der Waals surface area contributed by atoms with Crippen LogP contribution in [-0.4, -0.2) is 21.9 Å². The molecule has 14 heavy (non-hydrogen) atoms. The average molecular weight is 219 g/mol. The molecule has 78 valence electrons. The Morgan fingerprint density at radius 3 is 2.43 bits per heavy atom. The third kappa shape index (κ3) is 2.09. The smallest absolute Gasteiger partial charge is 0.158 e. The highest BCUT2D eigenvalue weighted by Gasteiger charge is 2.15. The van der Waals surface area contributed by atoms with Crippen molar-refractivity contribution in [1.82, 2.24) is 0 Å². The van der Waals surface area contributed by atoms with Crippen molar-refractivity contribution in [2.45, 2.75) is 11.0 Å². The number of hydrogen-bond donors (Lipinski definition) is 4. The minimum Gasteiger partial charge on any atom is -0.504 e. The van der Waals surface area contributed by atoms with Gasteiger partial charge in [-0.15, -0.1) is 0 Å². The van der Waals surface area contributed by atoms with Gasteiger partial charge in [0.05, 0.1) is 23.1 Å². The molecular formula is C8H10FNO3S. The molecule has 0 aliphatic rings. The van der Waals surface area contributed by atoms with Gasteiger partial charge in [-0.25, -0.2) is 0 Å². The van der Waals surface area contributed by atoms with E-state index < -0.39 is 17.6 Å². The van der Waals surface area contributed by atoms with Gasteiger partial charge in [-0.2, -0.15) is 3.89 Å². The topological polar surface area (TPSA) is 86.7 Å². The van der Waals surface area contributed by atoms with Crippen molar-refractivity contribution in [3.8, 4) is 11.5 Å². The number of halogens is 1. The second kappa shape index (κ2) is 4.50. The zero-order valence-electron chi connectivity index (χ0n) is 7.14. The highest BCUT2D eigenvalue weighted by atomic mass is 32.2. The molecule has 0 radical (unpaired) electrons. The standard InChI is InChI=1S/C8H10FNO3S/c9-14-8-2-6(12)5(11)1-4(8)7(13)3-10/h1-2,7,11-13H,3,10H2. The van der Waals surface area contributed by atoms with E-state index in [1.54, 1.807) is 0 Å². The van der Waals surface area contributed by atoms with Gasteiger partial charge in [-0.3, -0.25) is 0 Å². The van der Waals surface area contributed by atoms with Crippen LogP contribution in [-0.2, 0) is 0 Å². The van der Waals surface area contributed by atoms with Crippen molar-refractivity contribution in [3.05, 3.63) is 17.7 Å². The van der Waals surface area contributed by atoms with Crippen molar-refractivity contribution in [2.75, 3.05) is 6.54 Å². The molecule has 0 aliphatic carbocycles. The zero-order valence-corrected chi connectivity index (χ0v) is 7.96. The Labute approximate surface area is 84.5 Å². The molecular weight excluding hydrogens is 209 g/mol. The third-order valence-corrected chi connectivity index (χ3v) is 2.29. The molecule has 6 heteroatoms. The number of rotatable bonds is 3. The van der Waals surface area contributed by atoms with Crippen LogP contribution < -0.4 is 5.73 Å². The van der Waals surface area contributed by atoms with Gasteiger partial charge in [-0.05, 0) is 6.07 Å². The van der Waals surface area contributed by atoms with E-state index in [9.17, 15) is 8.99 Å². The van der Waals surface area contributed by atoms with Gasteiger partial charge in [-0.1, -0.05) is 0 Å². The quantitative estimate of drug-likeness (QED) is 0.571. The van der Waals surface area contributed by atoms with E-state index in [1.165, 1.54) is 0 Å². The molecule has 1 rings (SSSR count). The Hall–Kier alpha value is -0.980. The van der Waals surface area contributed by atoms with E-state index in [1.807, 2.05) is 0 Å². The van der Waals surface area contributed by atoms with E-state index in [0.29, 0.717) is 0 Å². The highest BCUT2D eigenvalue weighted by Crippen LogP contribution is 2.36. The lowest BCUT2D eigenvalue weighted by Crippen LogP contribution is -2.12. The number of phenols is 2. The summed E-state index contributed by atoms with van der Waals surface area (Å²) in [6.07, 6.45) is -1.06. The number of benzene rings is 1. The first kappa shape index (κ1) is 11.1. The number of aliphatic hydroxyl groups excluding tert-OH is 1. The Balaban J connectivity index is 3.19. The molecule has 0 saturated heterocycles. The minimum atomic E-state index is -1.06. The van der Waals surface area contributed by atoms with E-state index in [-0.39, 0.29) is 29.2 Å². The van der Waals surface area contributed by atoms with Gasteiger partial charge in [0, 0.05) is 18.2 Å². The van der Waals surface area contributed by atoms with Crippen LogP contribution in [0.4, 0.5) is 3.89 Å². The normalized spacial score (nSPS) is 12.8. The predicted molar refractivity (Wildman–Crippen MR) is 50.8 cm³/mol. The monoisotopic (exact) mass is 219 g/mol. The fourth-order valence-electron chi connectivity index (χ4n) is 1.03. The van der Waals surface area contributed by atoms with Gasteiger partial charge >= 0.3 is 0 Å². The fraction of sp³-hybridized carbons (Fsp3) is 0.250. The molecule has 1 unspecified atom stereocenters. The molecule has 1 aromatic rings. The molecule has 0 saturated carbocycles. The summed E-state index contributed by atoms with van der Waals surface area (Å²) in [4.78, 5) is 0.0400. The van der Waals surface area contributed by atoms with Crippen molar-refractivity contribution in [1.29, 1.82) is 0 Å². The Morgan fingerprint density at radius 2 is 1.93 bits per heavy atom. The number of aliphatic hydroxyl groups is 1. The maximum absolute atomic E-state index is 12.4. The molecule has 0 aromatic heterocycles. The van der Waals surface area contributed by atoms with Crippen molar-refractivity contribution in [2.24, 2.45) is 5.73 Å². The number of hydrogen-bond acceptors (Lipinski definition) is 5. The van der Waals surface area contributed by atoms with Crippen LogP contribution in [0.2, 0.25) is 0 Å². The van der Waals surface area contributed by atoms with Crippen LogP contribution in [0.25, 0.3) is 0 Å². The van der Waals surface area contributed by atoms with Crippen molar-refractivity contribution in [3.63, 3.8) is 0 Å². The molecule has 4 nitrogen and oxygen atoms in total. The number of phenolic OH excluding ortho intramolecular Hbond substituents is 2. The highest BCUT2D eigenvalue weighted by molar-refractivity contribution is 7.94. The molecule has 0 heterocycles. The molecule has 1 atom stereocenters.